The number of hydrogen-bond donors (Lipinski definition) is 0. The first kappa shape index (κ1) is 34.6. The topological polar surface area (TPSA) is 89.5 Å². The normalized spacial score (nSPS) is 12.1. The summed E-state index contributed by atoms with van der Waals surface area (Å²) in [6.07, 6.45) is 0.803. The van der Waals surface area contributed by atoms with Crippen LogP contribution in [-0.2, 0) is 19.0 Å². The van der Waals surface area contributed by atoms with Gasteiger partial charge in [0, 0.05) is 0 Å². The Labute approximate surface area is 261 Å². The summed E-state index contributed by atoms with van der Waals surface area (Å²) in [4.78, 5) is 25.1. The van der Waals surface area contributed by atoms with Crippen molar-refractivity contribution in [2.24, 2.45) is 17.3 Å². The minimum Gasteiger partial charge on any atom is -0.497 e. The van der Waals surface area contributed by atoms with Crippen molar-refractivity contribution in [1.29, 1.82) is 0 Å². The third-order valence-electron chi connectivity index (χ3n) is 6.96. The number of benzene rings is 3. The molecular weight excluding hydrogens is 560 g/mol. The molecular formula is C36H46O8. The van der Waals surface area contributed by atoms with Gasteiger partial charge in [-0.15, -0.1) is 0 Å². The second-order valence-corrected chi connectivity index (χ2v) is 12.0. The van der Waals surface area contributed by atoms with Gasteiger partial charge in [-0.3, -0.25) is 4.79 Å². The standard InChI is InChI=1S/C36H46O8/c1-26(2)25-33(36(3,4)5)35(38)43-24-22-41-20-19-40-21-23-42-31-15-11-29(12-16-31)34(37)44-32-17-9-28(10-18-32)27-7-13-30(39-6)14-8-27/h7-18,26,33H,19-25H2,1-6H3. The maximum absolute atomic E-state index is 12.6. The van der Waals surface area contributed by atoms with Crippen molar-refractivity contribution in [2.45, 2.75) is 41.0 Å². The molecule has 0 aliphatic rings. The highest BCUT2D eigenvalue weighted by molar-refractivity contribution is 5.91. The number of rotatable bonds is 17. The molecule has 0 aliphatic carbocycles. The maximum Gasteiger partial charge on any atom is 0.343 e. The Kier molecular flexibility index (Phi) is 13.7. The molecule has 0 spiro atoms. The molecule has 0 bridgehead atoms. The van der Waals surface area contributed by atoms with Gasteiger partial charge in [0.25, 0.3) is 0 Å². The largest absolute Gasteiger partial charge is 0.497 e. The van der Waals surface area contributed by atoms with Gasteiger partial charge in [0.1, 0.15) is 30.5 Å². The van der Waals surface area contributed by atoms with E-state index >= 15 is 0 Å². The molecule has 0 amide bonds. The maximum atomic E-state index is 12.6. The van der Waals surface area contributed by atoms with E-state index in [9.17, 15) is 9.59 Å². The Morgan fingerprint density at radius 2 is 1.16 bits per heavy atom. The van der Waals surface area contributed by atoms with E-state index in [0.29, 0.717) is 56.0 Å². The van der Waals surface area contributed by atoms with Crippen molar-refractivity contribution in [3.05, 3.63) is 78.4 Å². The summed E-state index contributed by atoms with van der Waals surface area (Å²) in [5.41, 5.74) is 2.33. The summed E-state index contributed by atoms with van der Waals surface area (Å²) in [6.45, 7) is 12.5. The zero-order valence-electron chi connectivity index (χ0n) is 26.8. The lowest BCUT2D eigenvalue weighted by Crippen LogP contribution is -2.32. The number of methoxy groups -OCH3 is 1. The van der Waals surface area contributed by atoms with Crippen molar-refractivity contribution in [1.82, 2.24) is 0 Å². The Morgan fingerprint density at radius 1 is 0.659 bits per heavy atom. The van der Waals surface area contributed by atoms with Gasteiger partial charge in [-0.2, -0.15) is 0 Å². The molecule has 0 fully saturated rings. The van der Waals surface area contributed by atoms with Crippen molar-refractivity contribution >= 4 is 11.9 Å². The SMILES string of the molecule is COc1ccc(-c2ccc(OC(=O)c3ccc(OCCOCCOCCOC(=O)C(CC(C)C)C(C)(C)C)cc3)cc2)cc1. The second kappa shape index (κ2) is 17.4. The van der Waals surface area contributed by atoms with E-state index in [1.807, 2.05) is 36.4 Å². The third kappa shape index (κ3) is 11.7. The molecule has 238 valence electrons. The van der Waals surface area contributed by atoms with Gasteiger partial charge in [0.05, 0.1) is 45.0 Å². The molecule has 3 aromatic carbocycles. The lowest BCUT2D eigenvalue weighted by Gasteiger charge is -2.30. The van der Waals surface area contributed by atoms with Crippen LogP contribution >= 0.6 is 0 Å². The third-order valence-corrected chi connectivity index (χ3v) is 6.96. The summed E-state index contributed by atoms with van der Waals surface area (Å²) < 4.78 is 32.9. The van der Waals surface area contributed by atoms with E-state index in [1.165, 1.54) is 0 Å². The summed E-state index contributed by atoms with van der Waals surface area (Å²) in [6, 6.07) is 21.9. The Morgan fingerprint density at radius 3 is 1.68 bits per heavy atom. The minimum absolute atomic E-state index is 0.134. The highest BCUT2D eigenvalue weighted by Gasteiger charge is 2.33. The van der Waals surface area contributed by atoms with Crippen LogP contribution in [-0.4, -0.2) is 58.7 Å². The monoisotopic (exact) mass is 606 g/mol. The summed E-state index contributed by atoms with van der Waals surface area (Å²) in [5.74, 6) is 1.56. The highest BCUT2D eigenvalue weighted by Crippen LogP contribution is 2.32. The number of carbonyl (C=O) groups excluding carboxylic acids is 2. The molecule has 0 heterocycles. The Hall–Kier alpha value is -3.88. The van der Waals surface area contributed by atoms with Crippen molar-refractivity contribution < 1.29 is 38.0 Å². The molecule has 8 nitrogen and oxygen atoms in total. The van der Waals surface area contributed by atoms with Crippen LogP contribution in [0.3, 0.4) is 0 Å². The number of ether oxygens (including phenoxy) is 6. The lowest BCUT2D eigenvalue weighted by molar-refractivity contribution is -0.155. The van der Waals surface area contributed by atoms with Crippen molar-refractivity contribution in [3.8, 4) is 28.4 Å². The molecule has 0 saturated heterocycles. The van der Waals surface area contributed by atoms with Gasteiger partial charge < -0.3 is 28.4 Å². The molecule has 0 N–H and O–H groups in total. The summed E-state index contributed by atoms with van der Waals surface area (Å²) in [7, 11) is 1.63. The number of hydrogen-bond acceptors (Lipinski definition) is 8. The fourth-order valence-electron chi connectivity index (χ4n) is 4.47. The van der Waals surface area contributed by atoms with Gasteiger partial charge >= 0.3 is 11.9 Å². The van der Waals surface area contributed by atoms with E-state index in [0.717, 1.165) is 23.3 Å². The highest BCUT2D eigenvalue weighted by atomic mass is 16.6. The Balaban J connectivity index is 1.27. The second-order valence-electron chi connectivity index (χ2n) is 12.0. The van der Waals surface area contributed by atoms with Gasteiger partial charge in [0.2, 0.25) is 0 Å². The van der Waals surface area contributed by atoms with Crippen LogP contribution in [0.5, 0.6) is 17.2 Å². The Bertz CT molecular complexity index is 1280. The van der Waals surface area contributed by atoms with Crippen LogP contribution in [0, 0.1) is 17.3 Å². The molecule has 0 aromatic heterocycles. The fraction of sp³-hybridized carbons (Fsp3) is 0.444. The molecule has 3 rings (SSSR count). The molecule has 1 atom stereocenters. The van der Waals surface area contributed by atoms with Crippen molar-refractivity contribution in [3.63, 3.8) is 0 Å². The lowest BCUT2D eigenvalue weighted by atomic mass is 9.76. The molecule has 1 unspecified atom stereocenters. The zero-order chi connectivity index (χ0) is 32.0. The molecule has 8 heteroatoms. The van der Waals surface area contributed by atoms with Crippen LogP contribution in [0.15, 0.2) is 72.8 Å². The van der Waals surface area contributed by atoms with Gasteiger partial charge in [0.15, 0.2) is 0 Å². The van der Waals surface area contributed by atoms with Crippen LogP contribution in [0.4, 0.5) is 0 Å². The summed E-state index contributed by atoms with van der Waals surface area (Å²) >= 11 is 0. The first-order valence-electron chi connectivity index (χ1n) is 15.1. The fourth-order valence-corrected chi connectivity index (χ4v) is 4.47. The zero-order valence-corrected chi connectivity index (χ0v) is 26.8. The summed E-state index contributed by atoms with van der Waals surface area (Å²) in [5, 5.41) is 0. The quantitative estimate of drug-likeness (QED) is 0.0902. The first-order valence-corrected chi connectivity index (χ1v) is 15.1. The van der Waals surface area contributed by atoms with E-state index < -0.39 is 5.97 Å². The smallest absolute Gasteiger partial charge is 0.343 e. The molecule has 3 aromatic rings. The molecule has 0 saturated carbocycles. The average Bonchev–Trinajstić information content (AvgIpc) is 3.00. The van der Waals surface area contributed by atoms with Crippen LogP contribution in [0.2, 0.25) is 0 Å². The average molecular weight is 607 g/mol. The van der Waals surface area contributed by atoms with Gasteiger partial charge in [-0.25, -0.2) is 4.79 Å². The van der Waals surface area contributed by atoms with Crippen LogP contribution in [0.1, 0.15) is 51.4 Å². The predicted molar refractivity (Wildman–Crippen MR) is 170 cm³/mol. The van der Waals surface area contributed by atoms with Crippen LogP contribution in [0.25, 0.3) is 11.1 Å². The van der Waals surface area contributed by atoms with Crippen molar-refractivity contribution in [2.75, 3.05) is 46.8 Å². The molecule has 0 aliphatic heterocycles. The van der Waals surface area contributed by atoms with E-state index in [-0.39, 0.29) is 23.9 Å². The van der Waals surface area contributed by atoms with E-state index in [4.69, 9.17) is 28.4 Å². The van der Waals surface area contributed by atoms with E-state index in [1.54, 1.807) is 43.5 Å². The van der Waals surface area contributed by atoms with E-state index in [2.05, 4.69) is 34.6 Å². The van der Waals surface area contributed by atoms with Gasteiger partial charge in [-0.05, 0) is 77.4 Å². The number of esters is 2. The molecule has 44 heavy (non-hydrogen) atoms. The minimum atomic E-state index is -0.448. The first-order chi connectivity index (χ1) is 21.1. The van der Waals surface area contributed by atoms with Crippen LogP contribution < -0.4 is 14.2 Å². The molecule has 0 radical (unpaired) electrons. The van der Waals surface area contributed by atoms with Gasteiger partial charge in [-0.1, -0.05) is 58.9 Å². The predicted octanol–water partition coefficient (Wildman–Crippen LogP) is 7.25. The number of carbonyl (C=O) groups is 2.